The van der Waals surface area contributed by atoms with Crippen LogP contribution in [-0.2, 0) is 26.0 Å². The van der Waals surface area contributed by atoms with E-state index in [1.165, 1.54) is 10.7 Å². The molecule has 33 heavy (non-hydrogen) atoms. The number of rotatable bonds is 5. The Morgan fingerprint density at radius 3 is 2.61 bits per heavy atom. The highest BCUT2D eigenvalue weighted by molar-refractivity contribution is 9.10. The van der Waals surface area contributed by atoms with Gasteiger partial charge in [-0.2, -0.15) is 4.31 Å². The molecule has 2 heterocycles. The molecule has 182 valence electrons. The van der Waals surface area contributed by atoms with Crippen LogP contribution in [-0.4, -0.2) is 50.2 Å². The van der Waals surface area contributed by atoms with Crippen molar-refractivity contribution in [3.63, 3.8) is 0 Å². The summed E-state index contributed by atoms with van der Waals surface area (Å²) in [6, 6.07) is 3.68. The minimum absolute atomic E-state index is 0.0316. The molecule has 2 aliphatic heterocycles. The Bertz CT molecular complexity index is 1030. The second-order valence-corrected chi connectivity index (χ2v) is 12.5. The molecule has 3 aliphatic rings. The molecule has 0 radical (unpaired) electrons. The van der Waals surface area contributed by atoms with E-state index in [-0.39, 0.29) is 35.2 Å². The Labute approximate surface area is 205 Å². The van der Waals surface area contributed by atoms with Crippen LogP contribution in [0.1, 0.15) is 64.4 Å². The summed E-state index contributed by atoms with van der Waals surface area (Å²) in [7, 11) is -3.87. The maximum Gasteiger partial charge on any atom is 0.245 e. The number of carbonyl (C=O) groups excluding carboxylic acids is 2. The molecule has 0 unspecified atom stereocenters. The van der Waals surface area contributed by atoms with Crippen LogP contribution >= 0.6 is 15.9 Å². The van der Waals surface area contributed by atoms with Crippen LogP contribution in [0.15, 0.2) is 21.5 Å². The van der Waals surface area contributed by atoms with Crippen LogP contribution in [0, 0.1) is 11.8 Å². The minimum atomic E-state index is -3.87. The molecule has 4 rings (SSSR count). The Morgan fingerprint density at radius 1 is 1.12 bits per heavy atom. The number of carbonyl (C=O) groups is 2. The van der Waals surface area contributed by atoms with E-state index < -0.39 is 10.0 Å². The van der Waals surface area contributed by atoms with Crippen LogP contribution in [0.2, 0.25) is 0 Å². The summed E-state index contributed by atoms with van der Waals surface area (Å²) in [4.78, 5) is 27.3. The molecule has 0 bridgehead atoms. The van der Waals surface area contributed by atoms with Crippen LogP contribution < -0.4 is 10.2 Å². The van der Waals surface area contributed by atoms with Crippen molar-refractivity contribution in [2.24, 2.45) is 11.8 Å². The molecule has 1 aromatic carbocycles. The SMILES string of the molecule is CCC(=O)N1CCc2cc(Br)cc(S(=O)(=O)N3CCC[C@H](C(=O)N[C@H]4CCCC[C@H]4C)C3)c21. The van der Waals surface area contributed by atoms with Crippen molar-refractivity contribution in [3.8, 4) is 0 Å². The summed E-state index contributed by atoms with van der Waals surface area (Å²) < 4.78 is 29.7. The normalized spacial score (nSPS) is 26.2. The number of piperidine rings is 1. The zero-order valence-corrected chi connectivity index (χ0v) is 21.9. The number of fused-ring (bicyclic) bond motifs is 1. The number of sulfonamides is 1. The number of hydrogen-bond acceptors (Lipinski definition) is 4. The number of hydrogen-bond donors (Lipinski definition) is 1. The van der Waals surface area contributed by atoms with Gasteiger partial charge in [-0.3, -0.25) is 9.59 Å². The van der Waals surface area contributed by atoms with Gasteiger partial charge in [0.15, 0.2) is 0 Å². The molecule has 0 aromatic heterocycles. The molecule has 9 heteroatoms. The average Bonchev–Trinajstić information content (AvgIpc) is 3.23. The molecule has 7 nitrogen and oxygen atoms in total. The van der Waals surface area contributed by atoms with Gasteiger partial charge in [0.1, 0.15) is 4.90 Å². The van der Waals surface area contributed by atoms with Gasteiger partial charge >= 0.3 is 0 Å². The van der Waals surface area contributed by atoms with Crippen molar-refractivity contribution in [3.05, 3.63) is 22.2 Å². The lowest BCUT2D eigenvalue weighted by Crippen LogP contribution is -2.49. The molecule has 1 saturated heterocycles. The van der Waals surface area contributed by atoms with Crippen LogP contribution in [0.4, 0.5) is 5.69 Å². The van der Waals surface area contributed by atoms with E-state index in [9.17, 15) is 18.0 Å². The van der Waals surface area contributed by atoms with E-state index in [1.807, 2.05) is 6.07 Å². The van der Waals surface area contributed by atoms with Crippen LogP contribution in [0.3, 0.4) is 0 Å². The number of anilines is 1. The maximum absolute atomic E-state index is 13.8. The average molecular weight is 541 g/mol. The first-order chi connectivity index (χ1) is 15.7. The highest BCUT2D eigenvalue weighted by atomic mass is 79.9. The van der Waals surface area contributed by atoms with Crippen molar-refractivity contribution in [1.29, 1.82) is 0 Å². The highest BCUT2D eigenvalue weighted by Gasteiger charge is 2.38. The fraction of sp³-hybridized carbons (Fsp3) is 0.667. The second-order valence-electron chi connectivity index (χ2n) is 9.64. The molecule has 1 aliphatic carbocycles. The fourth-order valence-corrected chi connectivity index (χ4v) is 7.89. The molecular weight excluding hydrogens is 506 g/mol. The summed E-state index contributed by atoms with van der Waals surface area (Å²) in [6.07, 6.45) is 6.73. The van der Waals surface area contributed by atoms with Gasteiger partial charge in [0.2, 0.25) is 21.8 Å². The summed E-state index contributed by atoms with van der Waals surface area (Å²) in [5.74, 6) is -0.00497. The van der Waals surface area contributed by atoms with E-state index in [1.54, 1.807) is 17.9 Å². The third kappa shape index (κ3) is 5.00. The van der Waals surface area contributed by atoms with Gasteiger partial charge in [0, 0.05) is 36.6 Å². The number of nitrogens with one attached hydrogen (secondary N) is 1. The number of halogens is 1. The quantitative estimate of drug-likeness (QED) is 0.615. The third-order valence-corrected chi connectivity index (χ3v) is 9.75. The van der Waals surface area contributed by atoms with Crippen molar-refractivity contribution < 1.29 is 18.0 Å². The van der Waals surface area contributed by atoms with Gasteiger partial charge in [-0.1, -0.05) is 42.6 Å². The highest BCUT2D eigenvalue weighted by Crippen LogP contribution is 2.40. The smallest absolute Gasteiger partial charge is 0.245 e. The van der Waals surface area contributed by atoms with Crippen LogP contribution in [0.25, 0.3) is 0 Å². The molecule has 3 atom stereocenters. The summed E-state index contributed by atoms with van der Waals surface area (Å²) in [5.41, 5.74) is 1.37. The first-order valence-corrected chi connectivity index (χ1v) is 14.4. The number of benzene rings is 1. The Morgan fingerprint density at radius 2 is 1.88 bits per heavy atom. The van der Waals surface area contributed by atoms with Gasteiger partial charge in [-0.15, -0.1) is 0 Å². The lowest BCUT2D eigenvalue weighted by Gasteiger charge is -2.35. The summed E-state index contributed by atoms with van der Waals surface area (Å²) >= 11 is 3.45. The Hall–Kier alpha value is -1.45. The van der Waals surface area contributed by atoms with Gasteiger partial charge in [0.25, 0.3) is 0 Å². The van der Waals surface area contributed by atoms with Crippen molar-refractivity contribution in [1.82, 2.24) is 9.62 Å². The van der Waals surface area contributed by atoms with Gasteiger partial charge in [0.05, 0.1) is 11.6 Å². The largest absolute Gasteiger partial charge is 0.353 e. The van der Waals surface area contributed by atoms with E-state index in [2.05, 4.69) is 28.2 Å². The fourth-order valence-electron chi connectivity index (χ4n) is 5.45. The Kier molecular flexibility index (Phi) is 7.50. The first-order valence-electron chi connectivity index (χ1n) is 12.2. The monoisotopic (exact) mass is 539 g/mol. The first kappa shape index (κ1) is 24.7. The molecule has 2 fully saturated rings. The third-order valence-electron chi connectivity index (χ3n) is 7.41. The molecule has 1 N–H and O–H groups in total. The van der Waals surface area contributed by atoms with Crippen molar-refractivity contribution >= 4 is 43.5 Å². The standard InChI is InChI=1S/C24H34BrN3O4S/c1-3-22(29)28-12-10-17-13-19(25)14-21(23(17)28)33(31,32)27-11-6-8-18(15-27)24(30)26-20-9-5-4-7-16(20)2/h13-14,16,18,20H,3-12,15H2,1-2H3,(H,26,30)/t16-,18+,20+/m1/s1. The van der Waals surface area contributed by atoms with E-state index in [4.69, 9.17) is 0 Å². The lowest BCUT2D eigenvalue weighted by molar-refractivity contribution is -0.127. The van der Waals surface area contributed by atoms with Gasteiger partial charge in [-0.05, 0) is 55.7 Å². The second kappa shape index (κ2) is 10.0. The number of nitrogens with zero attached hydrogens (tertiary/aromatic N) is 2. The molecule has 2 amide bonds. The van der Waals surface area contributed by atoms with E-state index in [0.29, 0.717) is 54.9 Å². The number of amides is 2. The zero-order chi connectivity index (χ0) is 23.8. The zero-order valence-electron chi connectivity index (χ0n) is 19.5. The molecular formula is C24H34BrN3O4S. The summed E-state index contributed by atoms with van der Waals surface area (Å²) in [6.45, 7) is 5.02. The van der Waals surface area contributed by atoms with Crippen molar-refractivity contribution in [2.75, 3.05) is 24.5 Å². The van der Waals surface area contributed by atoms with E-state index >= 15 is 0 Å². The van der Waals surface area contributed by atoms with E-state index in [0.717, 1.165) is 24.8 Å². The topological polar surface area (TPSA) is 86.8 Å². The lowest BCUT2D eigenvalue weighted by atomic mass is 9.85. The minimum Gasteiger partial charge on any atom is -0.353 e. The predicted molar refractivity (Wildman–Crippen MR) is 132 cm³/mol. The predicted octanol–water partition coefficient (Wildman–Crippen LogP) is 3.84. The molecule has 1 aromatic rings. The molecule has 0 spiro atoms. The van der Waals surface area contributed by atoms with Crippen molar-refractivity contribution in [2.45, 2.75) is 76.2 Å². The molecule has 1 saturated carbocycles. The Balaban J connectivity index is 1.57. The summed E-state index contributed by atoms with van der Waals surface area (Å²) in [5, 5.41) is 3.21. The van der Waals surface area contributed by atoms with Crippen LogP contribution in [0.5, 0.6) is 0 Å². The maximum atomic E-state index is 13.8. The van der Waals surface area contributed by atoms with Gasteiger partial charge < -0.3 is 10.2 Å². The van der Waals surface area contributed by atoms with Gasteiger partial charge in [-0.25, -0.2) is 8.42 Å².